The molecule has 1 nitrogen and oxygen atoms in total. The highest BCUT2D eigenvalue weighted by Crippen LogP contribution is 2.53. The van der Waals surface area contributed by atoms with Gasteiger partial charge in [0.05, 0.1) is 5.56 Å². The number of hydrogen-bond acceptors (Lipinski definition) is 0. The molecule has 4 rings (SSSR count). The van der Waals surface area contributed by atoms with E-state index in [1.54, 1.807) is 42.8 Å². The summed E-state index contributed by atoms with van der Waals surface area (Å²) in [4.78, 5) is 0. The first-order valence-corrected chi connectivity index (χ1v) is 8.28. The van der Waals surface area contributed by atoms with Gasteiger partial charge in [0.2, 0.25) is 5.69 Å². The third-order valence-corrected chi connectivity index (χ3v) is 5.18. The van der Waals surface area contributed by atoms with Gasteiger partial charge in [-0.3, -0.25) is 0 Å². The minimum Gasteiger partial charge on any atom is -0.201 e. The summed E-state index contributed by atoms with van der Waals surface area (Å²) in [6, 6.07) is 11.7. The first-order valence-electron chi connectivity index (χ1n) is 12.8. The molecule has 1 aliphatic rings. The van der Waals surface area contributed by atoms with Crippen LogP contribution in [-0.2, 0) is 12.5 Å². The summed E-state index contributed by atoms with van der Waals surface area (Å²) in [7, 11) is 1.73. The first kappa shape index (κ1) is 8.80. The molecule has 1 aliphatic carbocycles. The van der Waals surface area contributed by atoms with E-state index < -0.39 is 26.0 Å². The van der Waals surface area contributed by atoms with Crippen LogP contribution in [0.3, 0.4) is 0 Å². The molecule has 0 radical (unpaired) electrons. The van der Waals surface area contributed by atoms with Crippen LogP contribution >= 0.6 is 0 Å². The molecule has 25 heavy (non-hydrogen) atoms. The molecule has 3 aromatic rings. The van der Waals surface area contributed by atoms with Crippen LogP contribution < -0.4 is 4.57 Å². The predicted molar refractivity (Wildman–Crippen MR) is 105 cm³/mol. The molecule has 0 fully saturated rings. The summed E-state index contributed by atoms with van der Waals surface area (Å²) in [6.45, 7) is -3.64. The van der Waals surface area contributed by atoms with Crippen molar-refractivity contribution < 1.29 is 16.9 Å². The normalized spacial score (nSPS) is 25.0. The van der Waals surface area contributed by atoms with Gasteiger partial charge in [-0.25, -0.2) is 4.57 Å². The lowest BCUT2D eigenvalue weighted by Crippen LogP contribution is -2.32. The van der Waals surface area contributed by atoms with Crippen LogP contribution in [-0.4, -0.2) is 0 Å². The Hall–Kier alpha value is -2.41. The maximum atomic E-state index is 8.52. The fraction of sp³-hybridized carbons (Fsp3) is 0.292. The Morgan fingerprint density at radius 3 is 2.56 bits per heavy atom. The molecule has 1 heterocycles. The van der Waals surface area contributed by atoms with Crippen molar-refractivity contribution in [2.24, 2.45) is 7.05 Å². The van der Waals surface area contributed by atoms with Crippen molar-refractivity contribution in [3.63, 3.8) is 0 Å². The van der Waals surface area contributed by atoms with Crippen molar-refractivity contribution >= 4 is 0 Å². The molecule has 1 atom stereocenters. The largest absolute Gasteiger partial charge is 0.212 e. The number of rotatable bonds is 1. The van der Waals surface area contributed by atoms with Crippen molar-refractivity contribution in [3.8, 4) is 22.4 Å². The Balaban J connectivity index is 2.14. The fourth-order valence-corrected chi connectivity index (χ4v) is 4.03. The SMILES string of the molecule is [2H]C([2H])([2H])c1ccc(-c2c(C)ccc3c2C(C)(C([2H])([2H])[2H])c2cccc(C([2H])([2H])[2H])c2-3)[n+](C)c1. The molecule has 1 heteroatoms. The summed E-state index contributed by atoms with van der Waals surface area (Å²) < 4.78 is 74.7. The van der Waals surface area contributed by atoms with Crippen LogP contribution in [0.25, 0.3) is 22.4 Å². The number of pyridine rings is 1. The molecular weight excluding hydrogens is 302 g/mol. The zero-order valence-corrected chi connectivity index (χ0v) is 14.6. The monoisotopic (exact) mass is 337 g/mol. The lowest BCUT2D eigenvalue weighted by molar-refractivity contribution is -0.660. The highest BCUT2D eigenvalue weighted by molar-refractivity contribution is 5.89. The first-order chi connectivity index (χ1) is 15.5. The molecule has 0 saturated carbocycles. The Bertz CT molecular complexity index is 1300. The minimum atomic E-state index is -2.47. The molecule has 0 saturated heterocycles. The molecule has 2 aromatic carbocycles. The van der Waals surface area contributed by atoms with Crippen LogP contribution in [0, 0.1) is 20.6 Å². The maximum Gasteiger partial charge on any atom is 0.212 e. The zero-order chi connectivity index (χ0) is 25.4. The van der Waals surface area contributed by atoms with Gasteiger partial charge in [0.15, 0.2) is 6.20 Å². The average Bonchev–Trinajstić information content (AvgIpc) is 2.97. The van der Waals surface area contributed by atoms with Gasteiger partial charge in [-0.2, -0.15) is 0 Å². The number of nitrogens with zero attached hydrogens (tertiary/aromatic N) is 1. The summed E-state index contributed by atoms with van der Waals surface area (Å²) >= 11 is 0. The number of fused-ring (bicyclic) bond motifs is 3. The van der Waals surface area contributed by atoms with E-state index in [2.05, 4.69) is 0 Å². The van der Waals surface area contributed by atoms with Crippen LogP contribution in [0.1, 0.15) is 53.9 Å². The molecule has 1 aromatic heterocycles. The van der Waals surface area contributed by atoms with Crippen molar-refractivity contribution in [3.05, 3.63) is 76.5 Å². The van der Waals surface area contributed by atoms with Crippen molar-refractivity contribution in [1.29, 1.82) is 0 Å². The number of aromatic nitrogens is 1. The van der Waals surface area contributed by atoms with Gasteiger partial charge in [-0.1, -0.05) is 44.1 Å². The van der Waals surface area contributed by atoms with E-state index in [0.717, 1.165) is 5.56 Å². The van der Waals surface area contributed by atoms with Crippen molar-refractivity contribution in [2.45, 2.75) is 39.8 Å². The number of hydrogen-bond donors (Lipinski definition) is 0. The number of aryl methyl sites for hydroxylation is 4. The standard InChI is InChI=1S/C24H26N/c1-15-10-13-20(25(6)14-15)22-17(3)11-12-18-21-16(2)8-7-9-19(21)24(4,5)23(18)22/h7-14H,1-6H3/q+1/i1D3,2D3,4D3. The Morgan fingerprint density at radius 1 is 0.960 bits per heavy atom. The van der Waals surface area contributed by atoms with Crippen molar-refractivity contribution in [2.75, 3.05) is 0 Å². The molecule has 0 amide bonds. The highest BCUT2D eigenvalue weighted by atomic mass is 14.9. The van der Waals surface area contributed by atoms with Crippen LogP contribution in [0.15, 0.2) is 48.7 Å². The van der Waals surface area contributed by atoms with Gasteiger partial charge in [0.1, 0.15) is 7.05 Å². The third-order valence-electron chi connectivity index (χ3n) is 5.18. The zero-order valence-electron chi connectivity index (χ0n) is 23.6. The highest BCUT2D eigenvalue weighted by Gasteiger charge is 2.40. The van der Waals surface area contributed by atoms with Gasteiger partial charge in [0, 0.05) is 29.4 Å². The molecule has 0 spiro atoms. The minimum absolute atomic E-state index is 0.121. The summed E-state index contributed by atoms with van der Waals surface area (Å²) in [5.74, 6) is 0. The van der Waals surface area contributed by atoms with E-state index in [1.807, 2.05) is 13.0 Å². The van der Waals surface area contributed by atoms with Gasteiger partial charge in [-0.05, 0) is 60.1 Å². The second-order valence-electron chi connectivity index (χ2n) is 6.95. The van der Waals surface area contributed by atoms with Gasteiger partial charge in [-0.15, -0.1) is 0 Å². The van der Waals surface area contributed by atoms with E-state index in [4.69, 9.17) is 12.3 Å². The second-order valence-corrected chi connectivity index (χ2v) is 6.95. The molecule has 126 valence electrons. The van der Waals surface area contributed by atoms with Gasteiger partial charge < -0.3 is 0 Å². The van der Waals surface area contributed by atoms with Crippen LogP contribution in [0.5, 0.6) is 0 Å². The van der Waals surface area contributed by atoms with Crippen LogP contribution in [0.4, 0.5) is 0 Å². The van der Waals surface area contributed by atoms with Crippen molar-refractivity contribution in [1.82, 2.24) is 0 Å². The summed E-state index contributed by atoms with van der Waals surface area (Å²) in [5.41, 5.74) is 3.00. The fourth-order valence-electron chi connectivity index (χ4n) is 4.03. The number of benzene rings is 2. The van der Waals surface area contributed by atoms with Gasteiger partial charge >= 0.3 is 0 Å². The Morgan fingerprint density at radius 2 is 1.84 bits per heavy atom. The third kappa shape index (κ3) is 2.18. The lowest BCUT2D eigenvalue weighted by Gasteiger charge is -2.24. The van der Waals surface area contributed by atoms with E-state index in [0.29, 0.717) is 33.5 Å². The molecule has 0 N–H and O–H groups in total. The maximum absolute atomic E-state index is 8.52. The van der Waals surface area contributed by atoms with E-state index >= 15 is 0 Å². The van der Waals surface area contributed by atoms with E-state index in [9.17, 15) is 0 Å². The lowest BCUT2D eigenvalue weighted by atomic mass is 9.78. The van der Waals surface area contributed by atoms with Crippen LogP contribution in [0.2, 0.25) is 0 Å². The Labute approximate surface area is 163 Å². The molecule has 0 bridgehead atoms. The summed E-state index contributed by atoms with van der Waals surface area (Å²) in [6.07, 6.45) is 1.53. The molecule has 0 aliphatic heterocycles. The van der Waals surface area contributed by atoms with E-state index in [1.165, 1.54) is 18.3 Å². The summed E-state index contributed by atoms with van der Waals surface area (Å²) in [5, 5.41) is 0. The van der Waals surface area contributed by atoms with E-state index in [-0.39, 0.29) is 11.1 Å². The quantitative estimate of drug-likeness (QED) is 0.523. The molecule has 1 unspecified atom stereocenters. The second kappa shape index (κ2) is 5.29. The Kier molecular flexibility index (Phi) is 1.86. The smallest absolute Gasteiger partial charge is 0.201 e. The molecular formula is C24H26N+. The predicted octanol–water partition coefficient (Wildman–Crippen LogP) is 5.41. The topological polar surface area (TPSA) is 3.88 Å². The average molecular weight is 338 g/mol. The van der Waals surface area contributed by atoms with Gasteiger partial charge in [0.25, 0.3) is 0 Å².